The van der Waals surface area contributed by atoms with E-state index >= 15 is 0 Å². The lowest BCUT2D eigenvalue weighted by Gasteiger charge is -2.39. The summed E-state index contributed by atoms with van der Waals surface area (Å²) in [5.74, 6) is 0.495. The Balaban J connectivity index is 2.24. The first-order valence-electron chi connectivity index (χ1n) is 8.53. The van der Waals surface area contributed by atoms with Crippen LogP contribution in [0.15, 0.2) is 99.6 Å². The molecule has 0 unspecified atom stereocenters. The molecule has 0 amide bonds. The molecular formula is C22H22O3S. The van der Waals surface area contributed by atoms with Crippen LogP contribution in [0.2, 0.25) is 0 Å². The molecule has 3 nitrogen and oxygen atoms in total. The van der Waals surface area contributed by atoms with Gasteiger partial charge in [0.2, 0.25) is 0 Å². The molecule has 0 aromatic heterocycles. The van der Waals surface area contributed by atoms with Crippen LogP contribution in [0.25, 0.3) is 0 Å². The second-order valence-corrected chi connectivity index (χ2v) is 8.35. The van der Waals surface area contributed by atoms with Crippen molar-refractivity contribution in [2.75, 3.05) is 6.61 Å². The third-order valence-corrected chi connectivity index (χ3v) is 7.15. The molecule has 0 N–H and O–H groups in total. The van der Waals surface area contributed by atoms with Crippen LogP contribution in [0.3, 0.4) is 0 Å². The molecule has 0 saturated heterocycles. The first kappa shape index (κ1) is 18.1. The van der Waals surface area contributed by atoms with E-state index in [0.29, 0.717) is 6.61 Å². The quantitative estimate of drug-likeness (QED) is 0.549. The molecule has 3 aromatic carbocycles. The van der Waals surface area contributed by atoms with E-state index in [4.69, 9.17) is 8.92 Å². The van der Waals surface area contributed by atoms with Crippen LogP contribution in [-0.4, -0.2) is 12.6 Å². The number of hydrogen-bond acceptors (Lipinski definition) is 3. The van der Waals surface area contributed by atoms with Gasteiger partial charge in [-0.15, -0.1) is 0 Å². The molecular weight excluding hydrogens is 344 g/mol. The third kappa shape index (κ3) is 3.60. The molecule has 26 heavy (non-hydrogen) atoms. The van der Waals surface area contributed by atoms with E-state index in [-0.39, 0.29) is 5.97 Å². The highest BCUT2D eigenvalue weighted by Gasteiger charge is 2.34. The Bertz CT molecular complexity index is 806. The lowest BCUT2D eigenvalue weighted by Crippen LogP contribution is -2.11. The second-order valence-electron chi connectivity index (χ2n) is 5.66. The Morgan fingerprint density at radius 3 is 1.65 bits per heavy atom. The standard InChI is InChI=1S/C22H22O3S/c1-3-24-19-14-16-22(17-15-19)26(25-18(2)23,20-10-6-4-7-11-20)21-12-8-5-9-13-21/h4-17H,3H2,1-2H3. The van der Waals surface area contributed by atoms with Crippen LogP contribution >= 0.6 is 10.3 Å². The Morgan fingerprint density at radius 2 is 1.23 bits per heavy atom. The molecule has 3 aromatic rings. The highest BCUT2D eigenvalue weighted by molar-refractivity contribution is 8.30. The van der Waals surface area contributed by atoms with Crippen LogP contribution in [0.5, 0.6) is 5.75 Å². The molecule has 0 radical (unpaired) electrons. The maximum Gasteiger partial charge on any atom is 0.313 e. The van der Waals surface area contributed by atoms with Crippen LogP contribution in [0, 0.1) is 0 Å². The van der Waals surface area contributed by atoms with Gasteiger partial charge in [-0.1, -0.05) is 36.4 Å². The van der Waals surface area contributed by atoms with Crippen LogP contribution in [0.1, 0.15) is 13.8 Å². The molecule has 0 heterocycles. The average molecular weight is 366 g/mol. The van der Waals surface area contributed by atoms with Gasteiger partial charge < -0.3 is 8.92 Å². The fraction of sp³-hybridized carbons (Fsp3) is 0.136. The predicted octanol–water partition coefficient (Wildman–Crippen LogP) is 5.85. The molecule has 0 aliphatic heterocycles. The average Bonchev–Trinajstić information content (AvgIpc) is 2.68. The van der Waals surface area contributed by atoms with Gasteiger partial charge >= 0.3 is 5.97 Å². The van der Waals surface area contributed by atoms with Gasteiger partial charge in [0, 0.05) is 21.6 Å². The molecule has 0 spiro atoms. The van der Waals surface area contributed by atoms with Crippen LogP contribution in [0.4, 0.5) is 0 Å². The van der Waals surface area contributed by atoms with E-state index in [1.165, 1.54) is 6.92 Å². The predicted molar refractivity (Wildman–Crippen MR) is 105 cm³/mol. The van der Waals surface area contributed by atoms with E-state index in [9.17, 15) is 4.79 Å². The summed E-state index contributed by atoms with van der Waals surface area (Å²) in [5, 5.41) is 0. The molecule has 0 aliphatic carbocycles. The highest BCUT2D eigenvalue weighted by Crippen LogP contribution is 2.69. The maximum absolute atomic E-state index is 12.1. The van der Waals surface area contributed by atoms with Gasteiger partial charge in [0.25, 0.3) is 0 Å². The van der Waals surface area contributed by atoms with Crippen molar-refractivity contribution in [2.24, 2.45) is 0 Å². The molecule has 0 aliphatic rings. The fourth-order valence-corrected chi connectivity index (χ4v) is 5.90. The molecule has 0 saturated carbocycles. The van der Waals surface area contributed by atoms with E-state index in [1.54, 1.807) is 0 Å². The smallest absolute Gasteiger partial charge is 0.313 e. The second kappa shape index (κ2) is 8.11. The van der Waals surface area contributed by atoms with Gasteiger partial charge in [-0.25, -0.2) is 0 Å². The number of rotatable bonds is 6. The topological polar surface area (TPSA) is 35.5 Å². The molecule has 0 fully saturated rings. The Hall–Kier alpha value is -2.72. The Labute approximate surface area is 156 Å². The van der Waals surface area contributed by atoms with Crippen molar-refractivity contribution in [3.63, 3.8) is 0 Å². The number of ether oxygens (including phenoxy) is 1. The summed E-state index contributed by atoms with van der Waals surface area (Å²) < 4.78 is 11.7. The van der Waals surface area contributed by atoms with Crippen molar-refractivity contribution in [3.05, 3.63) is 84.9 Å². The summed E-state index contributed by atoms with van der Waals surface area (Å²) >= 11 is 0. The van der Waals surface area contributed by atoms with Crippen LogP contribution < -0.4 is 4.74 Å². The van der Waals surface area contributed by atoms with Crippen molar-refractivity contribution >= 4 is 16.3 Å². The van der Waals surface area contributed by atoms with Gasteiger partial charge in [0.05, 0.1) is 6.61 Å². The van der Waals surface area contributed by atoms with E-state index in [1.807, 2.05) is 91.9 Å². The van der Waals surface area contributed by atoms with Gasteiger partial charge in [0.15, 0.2) is 0 Å². The summed E-state index contributed by atoms with van der Waals surface area (Å²) in [6.07, 6.45) is 0. The minimum absolute atomic E-state index is 0.304. The van der Waals surface area contributed by atoms with E-state index in [0.717, 1.165) is 20.4 Å². The number of carbonyl (C=O) groups is 1. The van der Waals surface area contributed by atoms with Crippen LogP contribution in [-0.2, 0) is 8.98 Å². The van der Waals surface area contributed by atoms with Gasteiger partial charge in [-0.05, 0) is 65.8 Å². The molecule has 0 bridgehead atoms. The summed E-state index contributed by atoms with van der Waals surface area (Å²) in [6, 6.07) is 27.7. The molecule has 134 valence electrons. The summed E-state index contributed by atoms with van der Waals surface area (Å²) in [7, 11) is -2.17. The highest BCUT2D eigenvalue weighted by atomic mass is 32.3. The first-order valence-corrected chi connectivity index (χ1v) is 10.1. The van der Waals surface area contributed by atoms with Gasteiger partial charge in [-0.2, -0.15) is 0 Å². The lowest BCUT2D eigenvalue weighted by molar-refractivity contribution is -0.131. The van der Waals surface area contributed by atoms with Gasteiger partial charge in [0.1, 0.15) is 5.75 Å². The Morgan fingerprint density at radius 1 is 0.769 bits per heavy atom. The molecule has 4 heteroatoms. The Kier molecular flexibility index (Phi) is 5.64. The van der Waals surface area contributed by atoms with Crippen molar-refractivity contribution in [3.8, 4) is 5.75 Å². The molecule has 3 rings (SSSR count). The fourth-order valence-electron chi connectivity index (χ4n) is 2.85. The summed E-state index contributed by atoms with van der Waals surface area (Å²) in [4.78, 5) is 15.0. The normalized spacial score (nSPS) is 11.6. The zero-order chi connectivity index (χ0) is 18.4. The SMILES string of the molecule is CCOc1ccc(S(OC(C)=O)(c2ccccc2)c2ccccc2)cc1. The first-order chi connectivity index (χ1) is 12.7. The lowest BCUT2D eigenvalue weighted by atomic mass is 10.3. The number of carbonyl (C=O) groups excluding carboxylic acids is 1. The number of benzene rings is 3. The summed E-state index contributed by atoms with van der Waals surface area (Å²) in [6.45, 7) is 4.02. The monoisotopic (exact) mass is 366 g/mol. The third-order valence-electron chi connectivity index (χ3n) is 3.86. The van der Waals surface area contributed by atoms with Crippen molar-refractivity contribution in [2.45, 2.75) is 28.5 Å². The van der Waals surface area contributed by atoms with Crippen molar-refractivity contribution in [1.82, 2.24) is 0 Å². The van der Waals surface area contributed by atoms with Crippen molar-refractivity contribution < 1.29 is 13.7 Å². The molecule has 0 atom stereocenters. The largest absolute Gasteiger partial charge is 0.494 e. The zero-order valence-electron chi connectivity index (χ0n) is 14.9. The maximum atomic E-state index is 12.1. The van der Waals surface area contributed by atoms with E-state index < -0.39 is 10.3 Å². The van der Waals surface area contributed by atoms with Crippen molar-refractivity contribution in [1.29, 1.82) is 0 Å². The summed E-state index contributed by atoms with van der Waals surface area (Å²) in [5.41, 5.74) is 0. The van der Waals surface area contributed by atoms with Gasteiger partial charge in [-0.3, -0.25) is 4.79 Å². The number of hydrogen-bond donors (Lipinski definition) is 0. The minimum Gasteiger partial charge on any atom is -0.494 e. The minimum atomic E-state index is -2.17. The van der Waals surface area contributed by atoms with E-state index in [2.05, 4.69) is 0 Å². The zero-order valence-corrected chi connectivity index (χ0v) is 15.7.